The van der Waals surface area contributed by atoms with Crippen LogP contribution < -0.4 is 5.32 Å². The van der Waals surface area contributed by atoms with E-state index in [1.54, 1.807) is 6.20 Å². The molecule has 0 aromatic carbocycles. The van der Waals surface area contributed by atoms with Crippen molar-refractivity contribution in [1.29, 1.82) is 0 Å². The molecule has 3 heterocycles. The van der Waals surface area contributed by atoms with Crippen LogP contribution in [0, 0.1) is 5.41 Å². The quantitative estimate of drug-likeness (QED) is 0.779. The van der Waals surface area contributed by atoms with E-state index < -0.39 is 0 Å². The van der Waals surface area contributed by atoms with Crippen molar-refractivity contribution in [3.05, 3.63) is 24.3 Å². The maximum absolute atomic E-state index is 4.53. The molecule has 116 valence electrons. The molecule has 1 aliphatic carbocycles. The molecule has 1 saturated carbocycles. The maximum Gasteiger partial charge on any atom is 0.179 e. The highest BCUT2D eigenvalue weighted by Crippen LogP contribution is 2.48. The van der Waals surface area contributed by atoms with Crippen molar-refractivity contribution < 1.29 is 0 Å². The Kier molecular flexibility index (Phi) is 2.97. The van der Waals surface area contributed by atoms with Gasteiger partial charge in [0.25, 0.3) is 0 Å². The van der Waals surface area contributed by atoms with E-state index in [9.17, 15) is 0 Å². The zero-order valence-corrected chi connectivity index (χ0v) is 13.3. The predicted octanol–water partition coefficient (Wildman–Crippen LogP) is 2.49. The lowest BCUT2D eigenvalue weighted by molar-refractivity contribution is 0.316. The van der Waals surface area contributed by atoms with Crippen LogP contribution in [0.4, 0.5) is 0 Å². The molecule has 1 fully saturated rings. The normalized spacial score (nSPS) is 24.5. The monoisotopic (exact) mass is 298 g/mol. The minimum atomic E-state index is 0.210. The topological polar surface area (TPSA) is 70.9 Å². The molecular weight excluding hydrogens is 276 g/mol. The Hall–Kier alpha value is -1.95. The second-order valence-electron chi connectivity index (χ2n) is 6.96. The lowest BCUT2D eigenvalue weighted by atomic mass is 9.81. The van der Waals surface area contributed by atoms with Crippen LogP contribution in [0.15, 0.2) is 18.5 Å². The summed E-state index contributed by atoms with van der Waals surface area (Å²) < 4.78 is 2.17. The largest absolute Gasteiger partial charge is 0.345 e. The molecule has 0 amide bonds. The Morgan fingerprint density at radius 3 is 3.09 bits per heavy atom. The van der Waals surface area contributed by atoms with Gasteiger partial charge in [-0.05, 0) is 30.9 Å². The van der Waals surface area contributed by atoms with E-state index in [4.69, 9.17) is 0 Å². The van der Waals surface area contributed by atoms with Crippen molar-refractivity contribution in [2.45, 2.75) is 45.6 Å². The third-order valence-corrected chi connectivity index (χ3v) is 5.01. The van der Waals surface area contributed by atoms with E-state index in [-0.39, 0.29) is 5.41 Å². The number of rotatable bonds is 3. The first-order chi connectivity index (χ1) is 10.6. The van der Waals surface area contributed by atoms with Gasteiger partial charge in [-0.3, -0.25) is 4.40 Å². The lowest BCUT2D eigenvalue weighted by Crippen LogP contribution is -2.26. The fourth-order valence-electron chi connectivity index (χ4n) is 3.99. The molecule has 3 aromatic heterocycles. The van der Waals surface area contributed by atoms with E-state index in [0.29, 0.717) is 12.0 Å². The van der Waals surface area contributed by atoms with Crippen molar-refractivity contribution in [1.82, 2.24) is 29.9 Å². The van der Waals surface area contributed by atoms with E-state index in [1.807, 2.05) is 12.3 Å². The van der Waals surface area contributed by atoms with Gasteiger partial charge in [-0.2, -0.15) is 0 Å². The second-order valence-corrected chi connectivity index (χ2v) is 6.96. The zero-order valence-electron chi connectivity index (χ0n) is 13.3. The first kappa shape index (κ1) is 13.7. The van der Waals surface area contributed by atoms with E-state index >= 15 is 0 Å². The fourth-order valence-corrected chi connectivity index (χ4v) is 3.99. The third-order valence-electron chi connectivity index (χ3n) is 5.01. The average Bonchev–Trinajstić information content (AvgIpc) is 3.14. The first-order valence-electron chi connectivity index (χ1n) is 8.00. The van der Waals surface area contributed by atoms with Gasteiger partial charge in [0.1, 0.15) is 5.82 Å². The van der Waals surface area contributed by atoms with Gasteiger partial charge in [0, 0.05) is 18.2 Å². The van der Waals surface area contributed by atoms with Crippen molar-refractivity contribution >= 4 is 16.8 Å². The molecule has 6 heteroatoms. The smallest absolute Gasteiger partial charge is 0.179 e. The van der Waals surface area contributed by atoms with Gasteiger partial charge >= 0.3 is 0 Å². The SMILES string of the molecule is CCN[C@@H]1C[C@H](c2nnc3cnc4[nH]ccc4n23)C(C)(C)C1. The summed E-state index contributed by atoms with van der Waals surface area (Å²) in [5.41, 5.74) is 2.97. The molecule has 0 saturated heterocycles. The van der Waals surface area contributed by atoms with Crippen molar-refractivity contribution in [2.24, 2.45) is 5.41 Å². The van der Waals surface area contributed by atoms with Crippen molar-refractivity contribution in [2.75, 3.05) is 6.54 Å². The molecule has 2 atom stereocenters. The van der Waals surface area contributed by atoms with Crippen LogP contribution in [0.25, 0.3) is 16.8 Å². The number of nitrogens with one attached hydrogen (secondary N) is 2. The molecule has 0 aliphatic heterocycles. The summed E-state index contributed by atoms with van der Waals surface area (Å²) in [5, 5.41) is 12.5. The summed E-state index contributed by atoms with van der Waals surface area (Å²) in [6, 6.07) is 2.60. The number of aromatic nitrogens is 5. The average molecular weight is 298 g/mol. The van der Waals surface area contributed by atoms with Crippen LogP contribution in [0.1, 0.15) is 45.4 Å². The zero-order chi connectivity index (χ0) is 15.3. The molecule has 0 radical (unpaired) electrons. The molecule has 22 heavy (non-hydrogen) atoms. The van der Waals surface area contributed by atoms with Crippen LogP contribution in [-0.4, -0.2) is 37.2 Å². The minimum Gasteiger partial charge on any atom is -0.345 e. The van der Waals surface area contributed by atoms with E-state index in [1.165, 1.54) is 6.42 Å². The van der Waals surface area contributed by atoms with Gasteiger partial charge in [-0.1, -0.05) is 20.8 Å². The molecule has 2 N–H and O–H groups in total. The third kappa shape index (κ3) is 1.94. The summed E-state index contributed by atoms with van der Waals surface area (Å²) in [4.78, 5) is 7.57. The highest BCUT2D eigenvalue weighted by Gasteiger charge is 2.43. The number of aromatic amines is 1. The molecule has 3 aromatic rings. The minimum absolute atomic E-state index is 0.210. The standard InChI is InChI=1S/C16H22N6/c1-4-17-10-7-11(16(2,3)8-10)15-21-20-13-9-19-14-12(22(13)15)5-6-18-14/h5-6,9-11,17-18H,4,7-8H2,1-3H3/t10-,11-/m1/s1. The number of hydrogen-bond acceptors (Lipinski definition) is 4. The molecule has 4 rings (SSSR count). The number of fused-ring (bicyclic) bond motifs is 3. The predicted molar refractivity (Wildman–Crippen MR) is 85.9 cm³/mol. The van der Waals surface area contributed by atoms with E-state index in [2.05, 4.69) is 50.7 Å². The summed E-state index contributed by atoms with van der Waals surface area (Å²) in [7, 11) is 0. The molecular formula is C16H22N6. The maximum atomic E-state index is 4.53. The van der Waals surface area contributed by atoms with E-state index in [0.717, 1.165) is 35.6 Å². The van der Waals surface area contributed by atoms with Crippen LogP contribution in [0.3, 0.4) is 0 Å². The summed E-state index contributed by atoms with van der Waals surface area (Å²) in [6.07, 6.45) is 5.98. The summed E-state index contributed by atoms with van der Waals surface area (Å²) in [6.45, 7) is 7.86. The van der Waals surface area contributed by atoms with Gasteiger partial charge in [-0.15, -0.1) is 10.2 Å². The van der Waals surface area contributed by atoms with Crippen LogP contribution >= 0.6 is 0 Å². The van der Waals surface area contributed by atoms with Gasteiger partial charge in [0.2, 0.25) is 0 Å². The van der Waals surface area contributed by atoms with Crippen molar-refractivity contribution in [3.8, 4) is 0 Å². The number of H-pyrrole nitrogens is 1. The molecule has 0 bridgehead atoms. The molecule has 6 nitrogen and oxygen atoms in total. The Bertz CT molecular complexity index is 814. The first-order valence-corrected chi connectivity index (χ1v) is 8.00. The van der Waals surface area contributed by atoms with Crippen molar-refractivity contribution in [3.63, 3.8) is 0 Å². The van der Waals surface area contributed by atoms with Gasteiger partial charge < -0.3 is 10.3 Å². The van der Waals surface area contributed by atoms with Crippen LogP contribution in [0.5, 0.6) is 0 Å². The number of hydrogen-bond donors (Lipinski definition) is 2. The Balaban J connectivity index is 1.85. The molecule has 1 aliphatic rings. The summed E-state index contributed by atoms with van der Waals surface area (Å²) >= 11 is 0. The number of nitrogens with zero attached hydrogens (tertiary/aromatic N) is 4. The second kappa shape index (κ2) is 4.78. The van der Waals surface area contributed by atoms with Gasteiger partial charge in [0.05, 0.1) is 11.7 Å². The van der Waals surface area contributed by atoms with Gasteiger partial charge in [0.15, 0.2) is 11.3 Å². The highest BCUT2D eigenvalue weighted by molar-refractivity contribution is 5.74. The Labute approximate surface area is 129 Å². The Morgan fingerprint density at radius 1 is 1.41 bits per heavy atom. The Morgan fingerprint density at radius 2 is 2.27 bits per heavy atom. The molecule has 0 unspecified atom stereocenters. The highest BCUT2D eigenvalue weighted by atomic mass is 15.3. The fraction of sp³-hybridized carbons (Fsp3) is 0.562. The van der Waals surface area contributed by atoms with Crippen LogP contribution in [0.2, 0.25) is 0 Å². The molecule has 0 spiro atoms. The lowest BCUT2D eigenvalue weighted by Gasteiger charge is -2.25. The summed E-state index contributed by atoms with van der Waals surface area (Å²) in [5.74, 6) is 1.46. The van der Waals surface area contributed by atoms with Crippen LogP contribution in [-0.2, 0) is 0 Å². The van der Waals surface area contributed by atoms with Gasteiger partial charge in [-0.25, -0.2) is 4.98 Å².